The molecule has 3 atom stereocenters. The molecule has 28 heavy (non-hydrogen) atoms. The molecule has 0 aliphatic carbocycles. The van der Waals surface area contributed by atoms with Crippen molar-refractivity contribution in [1.82, 2.24) is 5.32 Å². The summed E-state index contributed by atoms with van der Waals surface area (Å²) in [6, 6.07) is 13.6. The van der Waals surface area contributed by atoms with Gasteiger partial charge in [-0.3, -0.25) is 4.79 Å². The highest BCUT2D eigenvalue weighted by atomic mass is 32.2. The SMILES string of the molecule is C[S+]([O-])c1ccc(C(SCC(NC=O)C(=O)O)c2ccc([S+](C)[O-])cc2)cc1. The zero-order valence-corrected chi connectivity index (χ0v) is 17.8. The van der Waals surface area contributed by atoms with Crippen LogP contribution in [0.1, 0.15) is 16.4 Å². The Morgan fingerprint density at radius 3 is 1.79 bits per heavy atom. The second-order valence-corrected chi connectivity index (χ2v) is 9.83. The van der Waals surface area contributed by atoms with Crippen LogP contribution in [0, 0.1) is 0 Å². The molecular formula is C19H21NO5S3. The van der Waals surface area contributed by atoms with Gasteiger partial charge in [-0.1, -0.05) is 24.3 Å². The van der Waals surface area contributed by atoms with E-state index >= 15 is 0 Å². The molecule has 0 heterocycles. The van der Waals surface area contributed by atoms with Gasteiger partial charge >= 0.3 is 5.97 Å². The summed E-state index contributed by atoms with van der Waals surface area (Å²) in [5.41, 5.74) is 1.83. The van der Waals surface area contributed by atoms with Crippen molar-refractivity contribution < 1.29 is 23.8 Å². The Labute approximate surface area is 174 Å². The van der Waals surface area contributed by atoms with Gasteiger partial charge in [0.15, 0.2) is 9.79 Å². The third kappa shape index (κ3) is 6.18. The lowest BCUT2D eigenvalue weighted by atomic mass is 10.0. The van der Waals surface area contributed by atoms with E-state index in [2.05, 4.69) is 5.32 Å². The second kappa shape index (κ2) is 10.8. The Morgan fingerprint density at radius 2 is 1.46 bits per heavy atom. The number of thioether (sulfide) groups is 1. The lowest BCUT2D eigenvalue weighted by molar-refractivity contribution is -0.139. The van der Waals surface area contributed by atoms with E-state index in [1.165, 1.54) is 11.8 Å². The van der Waals surface area contributed by atoms with Gasteiger partial charge in [0.1, 0.15) is 18.6 Å². The van der Waals surface area contributed by atoms with Gasteiger partial charge < -0.3 is 19.5 Å². The predicted molar refractivity (Wildman–Crippen MR) is 112 cm³/mol. The average molecular weight is 440 g/mol. The number of carboxylic acids is 1. The van der Waals surface area contributed by atoms with E-state index in [1.807, 2.05) is 24.3 Å². The first-order valence-corrected chi connectivity index (χ1v) is 12.4. The molecule has 6 nitrogen and oxygen atoms in total. The minimum absolute atomic E-state index is 0.168. The Hall–Kier alpha value is -1.65. The first-order chi connectivity index (χ1) is 13.3. The van der Waals surface area contributed by atoms with Gasteiger partial charge in [-0.05, 0) is 57.7 Å². The number of hydrogen-bond acceptors (Lipinski definition) is 5. The molecule has 0 fully saturated rings. The van der Waals surface area contributed by atoms with E-state index in [1.54, 1.807) is 36.8 Å². The molecule has 0 aromatic heterocycles. The van der Waals surface area contributed by atoms with Crippen LogP contribution in [-0.2, 0) is 31.9 Å². The molecule has 0 aliphatic rings. The van der Waals surface area contributed by atoms with Crippen LogP contribution in [0.25, 0.3) is 0 Å². The number of carbonyl (C=O) groups is 2. The molecule has 0 spiro atoms. The van der Waals surface area contributed by atoms with Crippen molar-refractivity contribution in [2.24, 2.45) is 0 Å². The summed E-state index contributed by atoms with van der Waals surface area (Å²) in [4.78, 5) is 23.4. The average Bonchev–Trinajstić information content (AvgIpc) is 2.67. The van der Waals surface area contributed by atoms with E-state index < -0.39 is 34.4 Å². The van der Waals surface area contributed by atoms with Crippen molar-refractivity contribution in [3.63, 3.8) is 0 Å². The molecule has 0 radical (unpaired) electrons. The fourth-order valence-electron chi connectivity index (χ4n) is 2.52. The maximum absolute atomic E-state index is 11.6. The summed E-state index contributed by atoms with van der Waals surface area (Å²) >= 11 is -0.802. The minimum Gasteiger partial charge on any atom is -0.612 e. The van der Waals surface area contributed by atoms with Crippen LogP contribution < -0.4 is 5.32 Å². The predicted octanol–water partition coefficient (Wildman–Crippen LogP) is 2.18. The van der Waals surface area contributed by atoms with Crippen molar-refractivity contribution in [3.05, 3.63) is 59.7 Å². The number of carboxylic acid groups (broad SMARTS) is 1. The summed E-state index contributed by atoms with van der Waals surface area (Å²) in [5.74, 6) is -0.936. The molecule has 0 saturated carbocycles. The van der Waals surface area contributed by atoms with Crippen molar-refractivity contribution >= 4 is 46.5 Å². The Balaban J connectivity index is 2.31. The van der Waals surface area contributed by atoms with Crippen LogP contribution in [0.5, 0.6) is 0 Å². The number of benzene rings is 2. The lowest BCUT2D eigenvalue weighted by Gasteiger charge is -2.20. The summed E-state index contributed by atoms with van der Waals surface area (Å²) in [6.45, 7) is 0. The van der Waals surface area contributed by atoms with Gasteiger partial charge in [-0.2, -0.15) is 0 Å². The molecule has 0 bridgehead atoms. The molecular weight excluding hydrogens is 418 g/mol. The van der Waals surface area contributed by atoms with Crippen LogP contribution in [0.4, 0.5) is 0 Å². The zero-order valence-electron chi connectivity index (χ0n) is 15.4. The molecule has 150 valence electrons. The third-order valence-electron chi connectivity index (χ3n) is 4.03. The van der Waals surface area contributed by atoms with Gasteiger partial charge in [-0.15, -0.1) is 11.8 Å². The molecule has 0 aliphatic heterocycles. The number of amides is 1. The van der Waals surface area contributed by atoms with Crippen LogP contribution in [-0.4, -0.2) is 50.9 Å². The highest BCUT2D eigenvalue weighted by Gasteiger charge is 2.22. The summed E-state index contributed by atoms with van der Waals surface area (Å²) in [6.07, 6.45) is 3.59. The van der Waals surface area contributed by atoms with Gasteiger partial charge in [0.2, 0.25) is 6.41 Å². The van der Waals surface area contributed by atoms with Crippen LogP contribution >= 0.6 is 11.8 Å². The number of aliphatic carboxylic acids is 1. The van der Waals surface area contributed by atoms with Crippen molar-refractivity contribution in [2.75, 3.05) is 18.3 Å². The van der Waals surface area contributed by atoms with Crippen LogP contribution in [0.15, 0.2) is 58.3 Å². The monoisotopic (exact) mass is 439 g/mol. The fourth-order valence-corrected chi connectivity index (χ4v) is 4.88. The first kappa shape index (κ1) is 22.6. The molecule has 1 amide bonds. The molecule has 2 aromatic carbocycles. The van der Waals surface area contributed by atoms with E-state index in [9.17, 15) is 23.8 Å². The summed E-state index contributed by atoms with van der Waals surface area (Å²) in [7, 11) is 0. The minimum atomic E-state index is -1.10. The standard InChI is InChI=1S/C19H21NO5S3/c1-27(24)15-7-3-13(4-8-15)18(26-11-17(19(22)23)20-12-21)14-5-9-16(10-6-14)28(2)25/h3-10,12,17-18H,11H2,1-2H3,(H,20,21)(H,22,23). The number of hydrogen-bond donors (Lipinski definition) is 2. The van der Waals surface area contributed by atoms with E-state index in [-0.39, 0.29) is 11.0 Å². The highest BCUT2D eigenvalue weighted by Crippen LogP contribution is 2.37. The smallest absolute Gasteiger partial charge is 0.327 e. The molecule has 9 heteroatoms. The lowest BCUT2D eigenvalue weighted by Crippen LogP contribution is -2.38. The maximum Gasteiger partial charge on any atom is 0.327 e. The Bertz CT molecular complexity index is 730. The van der Waals surface area contributed by atoms with Crippen molar-refractivity contribution in [1.29, 1.82) is 0 Å². The van der Waals surface area contributed by atoms with Gasteiger partial charge in [0.25, 0.3) is 0 Å². The number of rotatable bonds is 10. The van der Waals surface area contributed by atoms with Gasteiger partial charge in [0, 0.05) is 5.75 Å². The molecule has 2 rings (SSSR count). The van der Waals surface area contributed by atoms with Crippen LogP contribution in [0.2, 0.25) is 0 Å². The maximum atomic E-state index is 11.6. The van der Waals surface area contributed by atoms with Gasteiger partial charge in [-0.25, -0.2) is 4.79 Å². The fraction of sp³-hybridized carbons (Fsp3) is 0.263. The zero-order chi connectivity index (χ0) is 20.7. The molecule has 3 unspecified atom stereocenters. The first-order valence-electron chi connectivity index (χ1n) is 8.24. The van der Waals surface area contributed by atoms with Crippen LogP contribution in [0.3, 0.4) is 0 Å². The normalized spacial score (nSPS) is 15.3. The van der Waals surface area contributed by atoms with E-state index in [0.29, 0.717) is 16.2 Å². The number of nitrogens with one attached hydrogen (secondary N) is 1. The summed E-state index contributed by atoms with van der Waals surface area (Å²) in [5, 5.41) is 11.4. The number of carbonyl (C=O) groups excluding carboxylic acids is 1. The van der Waals surface area contributed by atoms with E-state index in [0.717, 1.165) is 11.1 Å². The quantitative estimate of drug-likeness (QED) is 0.433. The van der Waals surface area contributed by atoms with Crippen molar-refractivity contribution in [3.8, 4) is 0 Å². The molecule has 2 aromatic rings. The molecule has 0 saturated heterocycles. The second-order valence-electron chi connectivity index (χ2n) is 5.94. The summed E-state index contributed by atoms with van der Waals surface area (Å²) < 4.78 is 23.3. The van der Waals surface area contributed by atoms with E-state index in [4.69, 9.17) is 0 Å². The topological polar surface area (TPSA) is 113 Å². The largest absolute Gasteiger partial charge is 0.612 e. The van der Waals surface area contributed by atoms with Gasteiger partial charge in [0.05, 0.1) is 5.25 Å². The van der Waals surface area contributed by atoms with Crippen molar-refractivity contribution in [2.45, 2.75) is 21.1 Å². The highest BCUT2D eigenvalue weighted by molar-refractivity contribution is 7.99. The third-order valence-corrected chi connectivity index (χ3v) is 7.30. The Kier molecular flexibility index (Phi) is 8.71. The molecule has 2 N–H and O–H groups in total. The Morgan fingerprint density at radius 1 is 1.04 bits per heavy atom.